The molecule has 1 heterocycles. The van der Waals surface area contributed by atoms with E-state index in [1.807, 2.05) is 0 Å². The summed E-state index contributed by atoms with van der Waals surface area (Å²) in [5.74, 6) is -1.84. The number of benzene rings is 1. The van der Waals surface area contributed by atoms with E-state index in [1.54, 1.807) is 19.1 Å². The SMILES string of the molecule is Cc1cc(=O)oc2cc(NC(=O)CC(=O)O)ccc12. The van der Waals surface area contributed by atoms with Crippen molar-refractivity contribution in [1.82, 2.24) is 0 Å². The number of aliphatic carboxylic acids is 1. The fourth-order valence-electron chi connectivity index (χ4n) is 1.75. The van der Waals surface area contributed by atoms with Gasteiger partial charge in [-0.05, 0) is 24.6 Å². The molecule has 2 N–H and O–H groups in total. The summed E-state index contributed by atoms with van der Waals surface area (Å²) in [7, 11) is 0. The molecule has 6 heteroatoms. The van der Waals surface area contributed by atoms with Gasteiger partial charge in [0.1, 0.15) is 12.0 Å². The van der Waals surface area contributed by atoms with Crippen molar-refractivity contribution in [2.24, 2.45) is 0 Å². The van der Waals surface area contributed by atoms with Gasteiger partial charge >= 0.3 is 11.6 Å². The lowest BCUT2D eigenvalue weighted by Gasteiger charge is -2.05. The highest BCUT2D eigenvalue weighted by molar-refractivity contribution is 6.02. The summed E-state index contributed by atoms with van der Waals surface area (Å²) >= 11 is 0. The van der Waals surface area contributed by atoms with Crippen LogP contribution in [0.5, 0.6) is 0 Å². The molecule has 0 spiro atoms. The predicted octanol–water partition coefficient (Wildman–Crippen LogP) is 1.51. The van der Waals surface area contributed by atoms with Crippen LogP contribution in [0.1, 0.15) is 12.0 Å². The average molecular weight is 261 g/mol. The van der Waals surface area contributed by atoms with Gasteiger partial charge in [0.2, 0.25) is 5.91 Å². The van der Waals surface area contributed by atoms with Crippen LogP contribution in [0.15, 0.2) is 33.5 Å². The molecule has 0 bridgehead atoms. The monoisotopic (exact) mass is 261 g/mol. The van der Waals surface area contributed by atoms with Crippen LogP contribution in [0.3, 0.4) is 0 Å². The Morgan fingerprint density at radius 2 is 2.05 bits per heavy atom. The van der Waals surface area contributed by atoms with Crippen molar-refractivity contribution in [3.8, 4) is 0 Å². The second kappa shape index (κ2) is 4.93. The summed E-state index contributed by atoms with van der Waals surface area (Å²) in [6, 6.07) is 6.19. The largest absolute Gasteiger partial charge is 0.481 e. The molecule has 0 saturated carbocycles. The Morgan fingerprint density at radius 3 is 2.74 bits per heavy atom. The summed E-state index contributed by atoms with van der Waals surface area (Å²) in [6.45, 7) is 1.78. The van der Waals surface area contributed by atoms with E-state index < -0.39 is 23.9 Å². The van der Waals surface area contributed by atoms with Gasteiger partial charge in [-0.15, -0.1) is 0 Å². The first kappa shape index (κ1) is 12.8. The fraction of sp³-hybridized carbons (Fsp3) is 0.154. The maximum Gasteiger partial charge on any atom is 0.336 e. The van der Waals surface area contributed by atoms with E-state index in [1.165, 1.54) is 12.1 Å². The first-order chi connectivity index (χ1) is 8.95. The Kier molecular flexibility index (Phi) is 3.33. The minimum absolute atomic E-state index is 0.345. The molecule has 0 aliphatic heterocycles. The van der Waals surface area contributed by atoms with Crippen molar-refractivity contribution in [2.75, 3.05) is 5.32 Å². The number of carbonyl (C=O) groups is 2. The number of hydrogen-bond acceptors (Lipinski definition) is 4. The van der Waals surface area contributed by atoms with Crippen molar-refractivity contribution < 1.29 is 19.1 Å². The standard InChI is InChI=1S/C13H11NO5/c1-7-4-13(18)19-10-5-8(2-3-9(7)10)14-11(15)6-12(16)17/h2-5H,6H2,1H3,(H,14,15)(H,16,17). The van der Waals surface area contributed by atoms with Gasteiger partial charge in [0.25, 0.3) is 0 Å². The van der Waals surface area contributed by atoms with Crippen molar-refractivity contribution in [1.29, 1.82) is 0 Å². The molecular formula is C13H11NO5. The molecule has 0 aliphatic carbocycles. The number of amides is 1. The Morgan fingerprint density at radius 1 is 1.32 bits per heavy atom. The molecule has 1 amide bonds. The first-order valence-electron chi connectivity index (χ1n) is 5.52. The third-order valence-corrected chi connectivity index (χ3v) is 2.55. The van der Waals surface area contributed by atoms with Crippen LogP contribution in [0, 0.1) is 6.92 Å². The molecule has 19 heavy (non-hydrogen) atoms. The lowest BCUT2D eigenvalue weighted by atomic mass is 10.1. The Balaban J connectivity index is 2.34. The van der Waals surface area contributed by atoms with E-state index in [2.05, 4.69) is 5.32 Å². The van der Waals surface area contributed by atoms with Crippen molar-refractivity contribution in [2.45, 2.75) is 13.3 Å². The third kappa shape index (κ3) is 2.98. The minimum Gasteiger partial charge on any atom is -0.481 e. The van der Waals surface area contributed by atoms with Gasteiger partial charge in [-0.3, -0.25) is 9.59 Å². The van der Waals surface area contributed by atoms with Crippen LogP contribution in [0.25, 0.3) is 11.0 Å². The molecule has 6 nitrogen and oxygen atoms in total. The normalized spacial score (nSPS) is 10.4. The third-order valence-electron chi connectivity index (χ3n) is 2.55. The van der Waals surface area contributed by atoms with E-state index >= 15 is 0 Å². The summed E-state index contributed by atoms with van der Waals surface area (Å²) in [6.07, 6.45) is -0.615. The van der Waals surface area contributed by atoms with Crippen LogP contribution in [-0.2, 0) is 9.59 Å². The van der Waals surface area contributed by atoms with Gasteiger partial charge < -0.3 is 14.8 Å². The summed E-state index contributed by atoms with van der Waals surface area (Å²) in [5, 5.41) is 11.7. The smallest absolute Gasteiger partial charge is 0.336 e. The highest BCUT2D eigenvalue weighted by Gasteiger charge is 2.09. The maximum absolute atomic E-state index is 11.3. The van der Waals surface area contributed by atoms with E-state index in [-0.39, 0.29) is 0 Å². The van der Waals surface area contributed by atoms with Gasteiger partial charge in [0, 0.05) is 23.2 Å². The van der Waals surface area contributed by atoms with Gasteiger partial charge in [-0.1, -0.05) is 0 Å². The van der Waals surface area contributed by atoms with Crippen molar-refractivity contribution in [3.63, 3.8) is 0 Å². The first-order valence-corrected chi connectivity index (χ1v) is 5.52. The lowest BCUT2D eigenvalue weighted by Crippen LogP contribution is -2.15. The number of carboxylic acids is 1. The van der Waals surface area contributed by atoms with Crippen LogP contribution in [0.4, 0.5) is 5.69 Å². The zero-order valence-electron chi connectivity index (χ0n) is 10.1. The van der Waals surface area contributed by atoms with Crippen LogP contribution in [-0.4, -0.2) is 17.0 Å². The molecule has 0 radical (unpaired) electrons. The number of rotatable bonds is 3. The summed E-state index contributed by atoms with van der Waals surface area (Å²) < 4.78 is 5.02. The molecule has 1 aromatic carbocycles. The van der Waals surface area contributed by atoms with Crippen LogP contribution >= 0.6 is 0 Å². The summed E-state index contributed by atoms with van der Waals surface area (Å²) in [4.78, 5) is 32.9. The van der Waals surface area contributed by atoms with Crippen LogP contribution < -0.4 is 10.9 Å². The summed E-state index contributed by atoms with van der Waals surface area (Å²) in [5.41, 5.74) is 1.03. The molecule has 0 fully saturated rings. The maximum atomic E-state index is 11.3. The second-order valence-electron chi connectivity index (χ2n) is 4.08. The Bertz CT molecular complexity index is 717. The molecule has 1 aromatic heterocycles. The Labute approximate surface area is 107 Å². The predicted molar refractivity (Wildman–Crippen MR) is 68.1 cm³/mol. The van der Waals surface area contributed by atoms with Gasteiger partial charge in [0.15, 0.2) is 0 Å². The zero-order valence-corrected chi connectivity index (χ0v) is 10.1. The Hall–Kier alpha value is -2.63. The number of hydrogen-bond donors (Lipinski definition) is 2. The number of nitrogens with one attached hydrogen (secondary N) is 1. The topological polar surface area (TPSA) is 96.6 Å². The number of carbonyl (C=O) groups excluding carboxylic acids is 1. The molecular weight excluding hydrogens is 250 g/mol. The van der Waals surface area contributed by atoms with Crippen molar-refractivity contribution >= 4 is 28.5 Å². The van der Waals surface area contributed by atoms with E-state index in [0.717, 1.165) is 10.9 Å². The lowest BCUT2D eigenvalue weighted by molar-refractivity contribution is -0.139. The minimum atomic E-state index is -1.21. The molecule has 0 unspecified atom stereocenters. The van der Waals surface area contributed by atoms with E-state index in [0.29, 0.717) is 11.3 Å². The van der Waals surface area contributed by atoms with Crippen molar-refractivity contribution in [3.05, 3.63) is 40.2 Å². The van der Waals surface area contributed by atoms with Crippen LogP contribution in [0.2, 0.25) is 0 Å². The number of anilines is 1. The van der Waals surface area contributed by atoms with Gasteiger partial charge in [0.05, 0.1) is 0 Å². The second-order valence-corrected chi connectivity index (χ2v) is 4.08. The van der Waals surface area contributed by atoms with Gasteiger partial charge in [-0.25, -0.2) is 4.79 Å². The van der Waals surface area contributed by atoms with E-state index in [9.17, 15) is 14.4 Å². The molecule has 2 rings (SSSR count). The molecule has 0 saturated heterocycles. The molecule has 0 aliphatic rings. The highest BCUT2D eigenvalue weighted by atomic mass is 16.4. The molecule has 2 aromatic rings. The molecule has 0 atom stereocenters. The fourth-order valence-corrected chi connectivity index (χ4v) is 1.75. The number of aryl methyl sites for hydroxylation is 1. The average Bonchev–Trinajstić information content (AvgIpc) is 2.26. The quantitative estimate of drug-likeness (QED) is 0.645. The molecule has 98 valence electrons. The van der Waals surface area contributed by atoms with Gasteiger partial charge in [-0.2, -0.15) is 0 Å². The zero-order chi connectivity index (χ0) is 14.0. The number of fused-ring (bicyclic) bond motifs is 1. The van der Waals surface area contributed by atoms with E-state index in [4.69, 9.17) is 9.52 Å². The highest BCUT2D eigenvalue weighted by Crippen LogP contribution is 2.20. The number of carboxylic acid groups (broad SMARTS) is 1.